The van der Waals surface area contributed by atoms with Crippen molar-refractivity contribution in [2.24, 2.45) is 0 Å². The van der Waals surface area contributed by atoms with Gasteiger partial charge in [0.15, 0.2) is 0 Å². The van der Waals surface area contributed by atoms with Crippen LogP contribution in [0.4, 0.5) is 4.39 Å². The molecule has 1 heterocycles. The van der Waals surface area contributed by atoms with Gasteiger partial charge in [-0.25, -0.2) is 4.39 Å². The molecule has 2 rings (SSSR count). The van der Waals surface area contributed by atoms with Gasteiger partial charge in [-0.05, 0) is 36.6 Å². The molecule has 1 N–H and O–H groups in total. The summed E-state index contributed by atoms with van der Waals surface area (Å²) in [5, 5.41) is 14.5. The van der Waals surface area contributed by atoms with Crippen LogP contribution >= 0.6 is 0 Å². The van der Waals surface area contributed by atoms with Crippen LogP contribution in [0, 0.1) is 12.7 Å². The van der Waals surface area contributed by atoms with Gasteiger partial charge in [0.05, 0.1) is 6.20 Å². The van der Waals surface area contributed by atoms with Crippen molar-refractivity contribution in [3.63, 3.8) is 0 Å². The fourth-order valence-corrected chi connectivity index (χ4v) is 2.00. The Bertz CT molecular complexity index is 536. The number of nitrogens with zero attached hydrogens (tertiary/aromatic N) is 2. The molecule has 1 aromatic heterocycles. The number of aliphatic hydroxyl groups excluding tert-OH is 1. The van der Waals surface area contributed by atoms with E-state index in [-0.39, 0.29) is 5.82 Å². The minimum absolute atomic E-state index is 0.287. The second-order valence-electron chi connectivity index (χ2n) is 4.44. The number of hydrogen-bond acceptors (Lipinski definition) is 2. The minimum atomic E-state index is -0.754. The molecule has 18 heavy (non-hydrogen) atoms. The number of halogens is 1. The second-order valence-corrected chi connectivity index (χ2v) is 4.44. The molecule has 2 aromatic rings. The van der Waals surface area contributed by atoms with Gasteiger partial charge in [-0.2, -0.15) is 5.10 Å². The molecule has 0 saturated carbocycles. The fraction of sp³-hybridized carbons (Fsp3) is 0.357. The van der Waals surface area contributed by atoms with Gasteiger partial charge in [0.2, 0.25) is 0 Å². The third-order valence-corrected chi connectivity index (χ3v) is 2.95. The Morgan fingerprint density at radius 1 is 1.44 bits per heavy atom. The van der Waals surface area contributed by atoms with Gasteiger partial charge in [-0.3, -0.25) is 4.68 Å². The topological polar surface area (TPSA) is 38.0 Å². The Balaban J connectivity index is 2.26. The molecule has 0 bridgehead atoms. The van der Waals surface area contributed by atoms with E-state index >= 15 is 0 Å². The molecule has 4 heteroatoms. The molecular formula is C14H17FN2O. The molecule has 0 aliphatic heterocycles. The van der Waals surface area contributed by atoms with E-state index in [1.807, 2.05) is 6.20 Å². The van der Waals surface area contributed by atoms with E-state index in [9.17, 15) is 9.50 Å². The quantitative estimate of drug-likeness (QED) is 0.903. The number of aryl methyl sites for hydroxylation is 2. The van der Waals surface area contributed by atoms with Gasteiger partial charge in [-0.1, -0.05) is 13.0 Å². The highest BCUT2D eigenvalue weighted by Gasteiger charge is 2.15. The summed E-state index contributed by atoms with van der Waals surface area (Å²) in [4.78, 5) is 0. The summed E-state index contributed by atoms with van der Waals surface area (Å²) < 4.78 is 14.8. The van der Waals surface area contributed by atoms with Crippen LogP contribution in [-0.2, 0) is 6.54 Å². The first-order chi connectivity index (χ1) is 8.61. The van der Waals surface area contributed by atoms with Crippen molar-refractivity contribution in [3.05, 3.63) is 53.1 Å². The SMILES string of the molecule is CCCn1cc(C(O)c2ccc(F)cc2C)cn1. The second kappa shape index (κ2) is 5.31. The van der Waals surface area contributed by atoms with Gasteiger partial charge in [0, 0.05) is 18.3 Å². The maximum Gasteiger partial charge on any atom is 0.123 e. The van der Waals surface area contributed by atoms with Gasteiger partial charge < -0.3 is 5.11 Å². The summed E-state index contributed by atoms with van der Waals surface area (Å²) in [6.07, 6.45) is 3.73. The highest BCUT2D eigenvalue weighted by molar-refractivity contribution is 5.33. The number of aromatic nitrogens is 2. The molecule has 0 fully saturated rings. The van der Waals surface area contributed by atoms with Gasteiger partial charge in [0.25, 0.3) is 0 Å². The molecule has 0 aliphatic rings. The summed E-state index contributed by atoms with van der Waals surface area (Å²) in [5.74, 6) is -0.287. The molecular weight excluding hydrogens is 231 g/mol. The molecule has 0 radical (unpaired) electrons. The molecule has 96 valence electrons. The zero-order valence-electron chi connectivity index (χ0n) is 10.6. The fourth-order valence-electron chi connectivity index (χ4n) is 2.00. The predicted molar refractivity (Wildman–Crippen MR) is 67.7 cm³/mol. The van der Waals surface area contributed by atoms with Crippen molar-refractivity contribution in [2.45, 2.75) is 32.9 Å². The van der Waals surface area contributed by atoms with Crippen LogP contribution in [0.3, 0.4) is 0 Å². The number of rotatable bonds is 4. The average molecular weight is 248 g/mol. The van der Waals surface area contributed by atoms with Gasteiger partial charge in [-0.15, -0.1) is 0 Å². The highest BCUT2D eigenvalue weighted by Crippen LogP contribution is 2.24. The third-order valence-electron chi connectivity index (χ3n) is 2.95. The molecule has 0 saturated heterocycles. The van der Waals surface area contributed by atoms with E-state index < -0.39 is 6.10 Å². The van der Waals surface area contributed by atoms with Crippen LogP contribution in [0.2, 0.25) is 0 Å². The summed E-state index contributed by atoms with van der Waals surface area (Å²) in [5.41, 5.74) is 2.19. The third kappa shape index (κ3) is 2.59. The van der Waals surface area contributed by atoms with E-state index in [1.54, 1.807) is 23.9 Å². The highest BCUT2D eigenvalue weighted by atomic mass is 19.1. The zero-order valence-corrected chi connectivity index (χ0v) is 10.6. The summed E-state index contributed by atoms with van der Waals surface area (Å²) in [6.45, 7) is 4.69. The lowest BCUT2D eigenvalue weighted by molar-refractivity contribution is 0.219. The lowest BCUT2D eigenvalue weighted by Crippen LogP contribution is -2.02. The first kappa shape index (κ1) is 12.8. The molecule has 1 aromatic carbocycles. The molecule has 0 spiro atoms. The average Bonchev–Trinajstić information content (AvgIpc) is 2.77. The van der Waals surface area contributed by atoms with Gasteiger partial charge in [0.1, 0.15) is 11.9 Å². The molecule has 0 amide bonds. The Labute approximate surface area is 106 Å². The summed E-state index contributed by atoms with van der Waals surface area (Å²) >= 11 is 0. The normalized spacial score (nSPS) is 12.7. The largest absolute Gasteiger partial charge is 0.384 e. The Hall–Kier alpha value is -1.68. The van der Waals surface area contributed by atoms with Crippen molar-refractivity contribution < 1.29 is 9.50 Å². The summed E-state index contributed by atoms with van der Waals surface area (Å²) in [6, 6.07) is 4.41. The van der Waals surface area contributed by atoms with E-state index in [4.69, 9.17) is 0 Å². The van der Waals surface area contributed by atoms with Crippen molar-refractivity contribution >= 4 is 0 Å². The minimum Gasteiger partial charge on any atom is -0.384 e. The standard InChI is InChI=1S/C14H17FN2O/c1-3-6-17-9-11(8-16-17)14(18)13-5-4-12(15)7-10(13)2/h4-5,7-9,14,18H,3,6H2,1-2H3. The van der Waals surface area contributed by atoms with E-state index in [0.717, 1.165) is 24.1 Å². The maximum atomic E-state index is 13.0. The number of aliphatic hydroxyl groups is 1. The van der Waals surface area contributed by atoms with Crippen molar-refractivity contribution in [3.8, 4) is 0 Å². The number of hydrogen-bond donors (Lipinski definition) is 1. The van der Waals surface area contributed by atoms with Crippen LogP contribution in [-0.4, -0.2) is 14.9 Å². The Kier molecular flexibility index (Phi) is 3.77. The van der Waals surface area contributed by atoms with Crippen LogP contribution in [0.5, 0.6) is 0 Å². The lowest BCUT2D eigenvalue weighted by Gasteiger charge is -2.11. The molecule has 1 unspecified atom stereocenters. The van der Waals surface area contributed by atoms with E-state index in [1.165, 1.54) is 12.1 Å². The molecule has 3 nitrogen and oxygen atoms in total. The van der Waals surface area contributed by atoms with E-state index in [2.05, 4.69) is 12.0 Å². The van der Waals surface area contributed by atoms with Crippen LogP contribution in [0.1, 0.15) is 36.1 Å². The maximum absolute atomic E-state index is 13.0. The smallest absolute Gasteiger partial charge is 0.123 e. The monoisotopic (exact) mass is 248 g/mol. The van der Waals surface area contributed by atoms with Crippen molar-refractivity contribution in [1.82, 2.24) is 9.78 Å². The van der Waals surface area contributed by atoms with Crippen molar-refractivity contribution in [2.75, 3.05) is 0 Å². The number of benzene rings is 1. The predicted octanol–water partition coefficient (Wildman–Crippen LogP) is 2.82. The summed E-state index contributed by atoms with van der Waals surface area (Å²) in [7, 11) is 0. The zero-order chi connectivity index (χ0) is 13.1. The van der Waals surface area contributed by atoms with Crippen molar-refractivity contribution in [1.29, 1.82) is 0 Å². The first-order valence-corrected chi connectivity index (χ1v) is 6.08. The van der Waals surface area contributed by atoms with Crippen LogP contribution in [0.15, 0.2) is 30.6 Å². The van der Waals surface area contributed by atoms with Gasteiger partial charge >= 0.3 is 0 Å². The Morgan fingerprint density at radius 3 is 2.89 bits per heavy atom. The molecule has 1 atom stereocenters. The first-order valence-electron chi connectivity index (χ1n) is 6.08. The Morgan fingerprint density at radius 2 is 2.22 bits per heavy atom. The van der Waals surface area contributed by atoms with Crippen LogP contribution < -0.4 is 0 Å². The van der Waals surface area contributed by atoms with Crippen LogP contribution in [0.25, 0.3) is 0 Å². The lowest BCUT2D eigenvalue weighted by atomic mass is 10.00. The van der Waals surface area contributed by atoms with E-state index in [0.29, 0.717) is 5.56 Å². The molecule has 0 aliphatic carbocycles.